The SMILES string of the molecule is CC(S)CCC(=O)[C@H](C)NC(=O)[C@@H](NC(=O)[C@H](CS(=O)(=O)O)NC(=O)CCCCCN1C(=O)C=CC1=O)C(C)C. The molecule has 1 unspecified atom stereocenters. The number of carbonyl (C=O) groups excluding carboxylic acids is 6. The van der Waals surface area contributed by atoms with Crippen molar-refractivity contribution >= 4 is 58.1 Å². The zero-order chi connectivity index (χ0) is 30.6. The van der Waals surface area contributed by atoms with Crippen LogP contribution >= 0.6 is 12.6 Å². The minimum absolute atomic E-state index is 0.00771. The van der Waals surface area contributed by atoms with Crippen LogP contribution in [0, 0.1) is 5.92 Å². The van der Waals surface area contributed by atoms with E-state index in [4.69, 9.17) is 0 Å². The first-order valence-corrected chi connectivity index (χ1v) is 15.2. The Morgan fingerprint density at radius 3 is 2.02 bits per heavy atom. The molecule has 0 aromatic carbocycles. The van der Waals surface area contributed by atoms with Crippen LogP contribution in [0.25, 0.3) is 0 Å². The fraction of sp³-hybridized carbons (Fsp3) is 0.680. The molecule has 0 aromatic rings. The fourth-order valence-corrected chi connectivity index (χ4v) is 4.57. The second kappa shape index (κ2) is 16.5. The normalized spacial score (nSPS) is 16.4. The molecule has 0 radical (unpaired) electrons. The molecular formula is C25H40N4O9S2. The maximum atomic E-state index is 12.9. The summed E-state index contributed by atoms with van der Waals surface area (Å²) in [5, 5.41) is 7.25. The van der Waals surface area contributed by atoms with Crippen LogP contribution in [0.4, 0.5) is 0 Å². The van der Waals surface area contributed by atoms with Crippen LogP contribution in [0.5, 0.6) is 0 Å². The summed E-state index contributed by atoms with van der Waals surface area (Å²) in [7, 11) is -4.69. The van der Waals surface area contributed by atoms with E-state index in [1.165, 1.54) is 19.1 Å². The summed E-state index contributed by atoms with van der Waals surface area (Å²) >= 11 is 4.23. The van der Waals surface area contributed by atoms with E-state index in [0.29, 0.717) is 25.7 Å². The monoisotopic (exact) mass is 604 g/mol. The number of imide groups is 1. The van der Waals surface area contributed by atoms with Gasteiger partial charge in [-0.25, -0.2) is 0 Å². The lowest BCUT2D eigenvalue weighted by atomic mass is 10.0. The van der Waals surface area contributed by atoms with Gasteiger partial charge in [-0.3, -0.25) is 38.2 Å². The predicted molar refractivity (Wildman–Crippen MR) is 150 cm³/mol. The number of ketones is 1. The smallest absolute Gasteiger partial charge is 0.267 e. The molecule has 226 valence electrons. The molecule has 4 N–H and O–H groups in total. The number of carbonyl (C=O) groups is 6. The van der Waals surface area contributed by atoms with Crippen LogP contribution in [-0.2, 0) is 38.9 Å². The standard InChI is InChI=1S/C25H40N4O9S2/c1-15(2)23(25(35)26-17(4)19(30)10-9-16(3)39)28-24(34)18(14-40(36,37)38)27-20(31)8-6-5-7-13-29-21(32)11-12-22(29)33/h11-12,15-18,23,39H,5-10,13-14H2,1-4H3,(H,26,35)(H,27,31)(H,28,34)(H,36,37,38)/t16?,17-,18-,23-/m0/s1. The number of thiol groups is 1. The van der Waals surface area contributed by atoms with E-state index < -0.39 is 69.5 Å². The van der Waals surface area contributed by atoms with Crippen molar-refractivity contribution in [3.63, 3.8) is 0 Å². The minimum Gasteiger partial charge on any atom is -0.345 e. The van der Waals surface area contributed by atoms with Gasteiger partial charge >= 0.3 is 0 Å². The zero-order valence-electron chi connectivity index (χ0n) is 23.2. The van der Waals surface area contributed by atoms with Crippen LogP contribution < -0.4 is 16.0 Å². The third-order valence-corrected chi connectivity index (χ3v) is 7.13. The van der Waals surface area contributed by atoms with Gasteiger partial charge < -0.3 is 16.0 Å². The van der Waals surface area contributed by atoms with Gasteiger partial charge in [-0.05, 0) is 37.4 Å². The summed E-state index contributed by atoms with van der Waals surface area (Å²) in [5.74, 6) is -4.92. The quantitative estimate of drug-likeness (QED) is 0.0626. The van der Waals surface area contributed by atoms with Crippen molar-refractivity contribution in [2.75, 3.05) is 12.3 Å². The van der Waals surface area contributed by atoms with Crippen molar-refractivity contribution in [3.05, 3.63) is 12.2 Å². The Balaban J connectivity index is 2.71. The summed E-state index contributed by atoms with van der Waals surface area (Å²) in [5.41, 5.74) is 0. The van der Waals surface area contributed by atoms with Crippen molar-refractivity contribution in [1.82, 2.24) is 20.9 Å². The molecule has 0 aromatic heterocycles. The first kappa shape index (κ1) is 35.2. The van der Waals surface area contributed by atoms with Crippen molar-refractivity contribution in [1.29, 1.82) is 0 Å². The molecular weight excluding hydrogens is 564 g/mol. The molecule has 1 aliphatic heterocycles. The molecule has 0 saturated carbocycles. The average Bonchev–Trinajstić information content (AvgIpc) is 3.15. The molecule has 5 amide bonds. The van der Waals surface area contributed by atoms with E-state index in [0.717, 1.165) is 4.90 Å². The van der Waals surface area contributed by atoms with Gasteiger partial charge in [0, 0.05) is 31.5 Å². The van der Waals surface area contributed by atoms with Gasteiger partial charge in [-0.1, -0.05) is 27.2 Å². The molecule has 1 aliphatic rings. The first-order chi connectivity index (χ1) is 18.5. The van der Waals surface area contributed by atoms with Crippen molar-refractivity contribution in [3.8, 4) is 0 Å². The van der Waals surface area contributed by atoms with Crippen molar-refractivity contribution in [2.45, 2.75) is 89.6 Å². The van der Waals surface area contributed by atoms with Crippen LogP contribution in [0.2, 0.25) is 0 Å². The van der Waals surface area contributed by atoms with Gasteiger partial charge in [0.1, 0.15) is 17.8 Å². The van der Waals surface area contributed by atoms with Gasteiger partial charge in [0.05, 0.1) is 6.04 Å². The lowest BCUT2D eigenvalue weighted by Gasteiger charge is -2.26. The van der Waals surface area contributed by atoms with Crippen molar-refractivity contribution in [2.24, 2.45) is 5.92 Å². The zero-order valence-corrected chi connectivity index (χ0v) is 24.9. The number of hydrogen-bond acceptors (Lipinski definition) is 9. The second-order valence-corrected chi connectivity index (χ2v) is 12.5. The molecule has 0 fully saturated rings. The van der Waals surface area contributed by atoms with E-state index in [1.807, 2.05) is 6.92 Å². The number of amides is 5. The van der Waals surface area contributed by atoms with Crippen molar-refractivity contribution < 1.29 is 41.7 Å². The summed E-state index contributed by atoms with van der Waals surface area (Å²) in [6.45, 7) is 6.81. The highest BCUT2D eigenvalue weighted by Gasteiger charge is 2.32. The molecule has 13 nitrogen and oxygen atoms in total. The molecule has 1 rings (SSSR count). The molecule has 0 bridgehead atoms. The van der Waals surface area contributed by atoms with Crippen LogP contribution in [-0.4, -0.2) is 88.9 Å². The molecule has 15 heteroatoms. The van der Waals surface area contributed by atoms with E-state index in [2.05, 4.69) is 28.6 Å². The highest BCUT2D eigenvalue weighted by molar-refractivity contribution is 7.85. The Labute approximate surface area is 240 Å². The Kier molecular flexibility index (Phi) is 14.5. The first-order valence-electron chi connectivity index (χ1n) is 13.1. The summed E-state index contributed by atoms with van der Waals surface area (Å²) < 4.78 is 32.4. The highest BCUT2D eigenvalue weighted by Crippen LogP contribution is 2.10. The number of rotatable bonds is 18. The third kappa shape index (κ3) is 13.0. The Morgan fingerprint density at radius 1 is 0.900 bits per heavy atom. The average molecular weight is 605 g/mol. The highest BCUT2D eigenvalue weighted by atomic mass is 32.2. The molecule has 0 spiro atoms. The lowest BCUT2D eigenvalue weighted by Crippen LogP contribution is -2.58. The van der Waals surface area contributed by atoms with Gasteiger partial charge in [-0.2, -0.15) is 21.0 Å². The largest absolute Gasteiger partial charge is 0.345 e. The number of Topliss-reactive ketones (excluding diaryl/α,β-unsaturated/α-hetero) is 1. The number of hydrogen-bond donors (Lipinski definition) is 5. The minimum atomic E-state index is -4.69. The van der Waals surface area contributed by atoms with Crippen LogP contribution in [0.1, 0.15) is 66.2 Å². The molecule has 0 saturated heterocycles. The van der Waals surface area contributed by atoms with Crippen LogP contribution in [0.3, 0.4) is 0 Å². The Hall–Kier alpha value is -2.78. The summed E-state index contributed by atoms with van der Waals surface area (Å²) in [4.78, 5) is 74.7. The summed E-state index contributed by atoms with van der Waals surface area (Å²) in [6, 6.07) is -3.67. The number of unbranched alkanes of at least 4 members (excludes halogenated alkanes) is 2. The van der Waals surface area contributed by atoms with E-state index in [9.17, 15) is 41.7 Å². The maximum Gasteiger partial charge on any atom is 0.267 e. The topological polar surface area (TPSA) is 196 Å². The van der Waals surface area contributed by atoms with Gasteiger partial charge in [-0.15, -0.1) is 0 Å². The molecule has 4 atom stereocenters. The molecule has 1 heterocycles. The second-order valence-electron chi connectivity index (χ2n) is 10.2. The predicted octanol–water partition coefficient (Wildman–Crippen LogP) is 0.158. The molecule has 40 heavy (non-hydrogen) atoms. The van der Waals surface area contributed by atoms with Gasteiger partial charge in [0.15, 0.2) is 5.78 Å². The van der Waals surface area contributed by atoms with E-state index in [-0.39, 0.29) is 30.4 Å². The number of nitrogens with zero attached hydrogens (tertiary/aromatic N) is 1. The van der Waals surface area contributed by atoms with E-state index >= 15 is 0 Å². The third-order valence-electron chi connectivity index (χ3n) is 6.11. The molecule has 0 aliphatic carbocycles. The van der Waals surface area contributed by atoms with Gasteiger partial charge in [0.25, 0.3) is 21.9 Å². The Morgan fingerprint density at radius 2 is 1.50 bits per heavy atom. The fourth-order valence-electron chi connectivity index (χ4n) is 3.78. The number of nitrogens with one attached hydrogen (secondary N) is 3. The Bertz CT molecular complexity index is 1070. The van der Waals surface area contributed by atoms with Gasteiger partial charge in [0.2, 0.25) is 17.7 Å². The van der Waals surface area contributed by atoms with Crippen LogP contribution in [0.15, 0.2) is 12.2 Å². The summed E-state index contributed by atoms with van der Waals surface area (Å²) in [6.07, 6.45) is 4.24. The lowest BCUT2D eigenvalue weighted by molar-refractivity contribution is -0.137. The maximum absolute atomic E-state index is 12.9. The van der Waals surface area contributed by atoms with E-state index in [1.54, 1.807) is 13.8 Å².